The quantitative estimate of drug-likeness (QED) is 0.184. The van der Waals surface area contributed by atoms with E-state index in [-0.39, 0.29) is 41.5 Å². The maximum Gasteiger partial charge on any atom is 0.586 e. The van der Waals surface area contributed by atoms with E-state index in [9.17, 15) is 26.7 Å². The Balaban J connectivity index is 1.24. The van der Waals surface area contributed by atoms with Gasteiger partial charge in [-0.05, 0) is 88.6 Å². The zero-order valence-corrected chi connectivity index (χ0v) is 24.7. The topological polar surface area (TPSA) is 81.0 Å². The van der Waals surface area contributed by atoms with Gasteiger partial charge in [-0.25, -0.2) is 4.68 Å². The lowest BCUT2D eigenvalue weighted by atomic mass is 9.86. The van der Waals surface area contributed by atoms with E-state index < -0.39 is 30.4 Å². The summed E-state index contributed by atoms with van der Waals surface area (Å²) in [4.78, 5) is 12.2. The molecule has 2 aromatic carbocycles. The molecule has 2 atom stereocenters. The van der Waals surface area contributed by atoms with Crippen LogP contribution in [-0.2, 0) is 26.9 Å². The van der Waals surface area contributed by atoms with E-state index in [1.54, 1.807) is 44.2 Å². The van der Waals surface area contributed by atoms with Gasteiger partial charge in [0.05, 0.1) is 30.0 Å². The fourth-order valence-corrected chi connectivity index (χ4v) is 6.30. The Kier molecular flexibility index (Phi) is 8.40. The predicted octanol–water partition coefficient (Wildman–Crippen LogP) is 7.87. The van der Waals surface area contributed by atoms with Crippen LogP contribution in [-0.4, -0.2) is 34.8 Å². The van der Waals surface area contributed by atoms with Crippen molar-refractivity contribution < 1.29 is 50.4 Å². The highest BCUT2D eigenvalue weighted by molar-refractivity contribution is 5.72. The average Bonchev–Trinajstić information content (AvgIpc) is 3.54. The van der Waals surface area contributed by atoms with Gasteiger partial charge in [-0.2, -0.15) is 18.3 Å². The molecule has 2 aliphatic carbocycles. The SMILES string of the molecule is CCOC(=O)C1CCC(OC2CCCc3c(C(F)(F)F)nn(-c4cccc(OC(C)c5ccc6c(c5)OC(F)(F)O6)c4)c32)CC1. The van der Waals surface area contributed by atoms with E-state index in [1.165, 1.54) is 16.8 Å². The van der Waals surface area contributed by atoms with Crippen molar-refractivity contribution in [2.24, 2.45) is 5.92 Å². The highest BCUT2D eigenvalue weighted by Crippen LogP contribution is 2.44. The van der Waals surface area contributed by atoms with Gasteiger partial charge in [0.15, 0.2) is 17.2 Å². The molecule has 1 fully saturated rings. The standard InChI is InChI=1S/C32H33F5N2O6/c1-3-41-30(40)19-10-13-22(14-11-19)43-26-9-5-8-24-28(26)39(38-29(24)31(33,34)35)21-6-4-7-23(17-21)42-18(2)20-12-15-25-27(16-20)45-32(36,37)44-25/h4,6-7,12,15-19,22,26H,3,5,8-11,13-14H2,1-2H3. The molecule has 1 saturated carbocycles. The molecule has 0 saturated heterocycles. The number of carbonyl (C=O) groups excluding carboxylic acids is 1. The number of benzene rings is 2. The maximum absolute atomic E-state index is 14.2. The van der Waals surface area contributed by atoms with Crippen LogP contribution >= 0.6 is 0 Å². The van der Waals surface area contributed by atoms with Gasteiger partial charge in [0.25, 0.3) is 0 Å². The Bertz CT molecular complexity index is 1550. The second-order valence-electron chi connectivity index (χ2n) is 11.5. The van der Waals surface area contributed by atoms with Gasteiger partial charge in [0.1, 0.15) is 18.0 Å². The minimum atomic E-state index is -4.66. The number of alkyl halides is 5. The second kappa shape index (κ2) is 12.1. The van der Waals surface area contributed by atoms with E-state index in [1.807, 2.05) is 0 Å². The number of halogens is 5. The molecule has 1 aromatic heterocycles. The van der Waals surface area contributed by atoms with Crippen molar-refractivity contribution in [3.63, 3.8) is 0 Å². The van der Waals surface area contributed by atoms with Crippen molar-refractivity contribution in [1.29, 1.82) is 0 Å². The largest absolute Gasteiger partial charge is 0.586 e. The van der Waals surface area contributed by atoms with E-state index in [2.05, 4.69) is 14.6 Å². The molecule has 0 bridgehead atoms. The summed E-state index contributed by atoms with van der Waals surface area (Å²) in [6.07, 6.45) is -6.18. The number of hydrogen-bond donors (Lipinski definition) is 0. The van der Waals surface area contributed by atoms with Gasteiger partial charge in [-0.15, -0.1) is 8.78 Å². The smallest absolute Gasteiger partial charge is 0.486 e. The fraction of sp³-hybridized carbons (Fsp3) is 0.500. The first-order valence-electron chi connectivity index (χ1n) is 15.1. The lowest BCUT2D eigenvalue weighted by Crippen LogP contribution is -2.29. The van der Waals surface area contributed by atoms with Crippen LogP contribution < -0.4 is 14.2 Å². The molecular formula is C32H33F5N2O6. The second-order valence-corrected chi connectivity index (χ2v) is 11.5. The summed E-state index contributed by atoms with van der Waals surface area (Å²) in [7, 11) is 0. The molecular weight excluding hydrogens is 603 g/mol. The molecule has 1 aliphatic heterocycles. The highest BCUT2D eigenvalue weighted by Gasteiger charge is 2.44. The van der Waals surface area contributed by atoms with Crippen molar-refractivity contribution in [3.05, 3.63) is 65.0 Å². The summed E-state index contributed by atoms with van der Waals surface area (Å²) in [6.45, 7) is 3.79. The van der Waals surface area contributed by atoms with Crippen molar-refractivity contribution in [1.82, 2.24) is 9.78 Å². The molecule has 0 amide bonds. The number of esters is 1. The fourth-order valence-electron chi connectivity index (χ4n) is 6.30. The van der Waals surface area contributed by atoms with Gasteiger partial charge in [-0.1, -0.05) is 12.1 Å². The summed E-state index contributed by atoms with van der Waals surface area (Å²) in [5.41, 5.74) is 0.438. The third kappa shape index (κ3) is 6.58. The monoisotopic (exact) mass is 636 g/mol. The molecule has 3 aliphatic rings. The number of hydrogen-bond acceptors (Lipinski definition) is 7. The van der Waals surface area contributed by atoms with Crippen LogP contribution in [0.25, 0.3) is 5.69 Å². The molecule has 0 N–H and O–H groups in total. The van der Waals surface area contributed by atoms with Gasteiger partial charge in [0, 0.05) is 11.6 Å². The van der Waals surface area contributed by atoms with E-state index in [0.29, 0.717) is 67.8 Å². The van der Waals surface area contributed by atoms with Crippen LogP contribution in [0, 0.1) is 5.92 Å². The Labute approximate surface area is 256 Å². The lowest BCUT2D eigenvalue weighted by Gasteiger charge is -2.33. The summed E-state index contributed by atoms with van der Waals surface area (Å²) in [5.74, 6) is -0.292. The number of fused-ring (bicyclic) bond motifs is 2. The average molecular weight is 637 g/mol. The molecule has 45 heavy (non-hydrogen) atoms. The minimum absolute atomic E-state index is 0.0920. The zero-order valence-electron chi connectivity index (χ0n) is 24.7. The molecule has 0 radical (unpaired) electrons. The van der Waals surface area contributed by atoms with E-state index >= 15 is 0 Å². The van der Waals surface area contributed by atoms with Crippen LogP contribution in [0.15, 0.2) is 42.5 Å². The number of rotatable bonds is 8. The number of carbonyl (C=O) groups is 1. The molecule has 0 spiro atoms. The first-order chi connectivity index (χ1) is 21.4. The molecule has 242 valence electrons. The lowest BCUT2D eigenvalue weighted by molar-refractivity contribution is -0.286. The minimum Gasteiger partial charge on any atom is -0.486 e. The third-order valence-electron chi connectivity index (χ3n) is 8.41. The first-order valence-corrected chi connectivity index (χ1v) is 15.1. The van der Waals surface area contributed by atoms with Gasteiger partial charge < -0.3 is 23.7 Å². The molecule has 2 unspecified atom stereocenters. The summed E-state index contributed by atoms with van der Waals surface area (Å²) in [6, 6.07) is 10.9. The predicted molar refractivity (Wildman–Crippen MR) is 149 cm³/mol. The van der Waals surface area contributed by atoms with E-state index in [4.69, 9.17) is 14.2 Å². The van der Waals surface area contributed by atoms with E-state index in [0.717, 1.165) is 0 Å². The van der Waals surface area contributed by atoms with Crippen LogP contribution in [0.5, 0.6) is 17.2 Å². The Morgan fingerprint density at radius 2 is 1.82 bits per heavy atom. The maximum atomic E-state index is 14.2. The van der Waals surface area contributed by atoms with Gasteiger partial charge in [0.2, 0.25) is 0 Å². The highest BCUT2D eigenvalue weighted by atomic mass is 19.4. The summed E-state index contributed by atoms with van der Waals surface area (Å²) < 4.78 is 97.5. The molecule has 6 rings (SSSR count). The van der Waals surface area contributed by atoms with Crippen molar-refractivity contribution in [2.45, 2.75) is 89.6 Å². The summed E-state index contributed by atoms with van der Waals surface area (Å²) >= 11 is 0. The first kappa shape index (κ1) is 31.1. The van der Waals surface area contributed by atoms with Gasteiger partial charge >= 0.3 is 18.4 Å². The van der Waals surface area contributed by atoms with Crippen molar-refractivity contribution >= 4 is 5.97 Å². The van der Waals surface area contributed by atoms with Crippen molar-refractivity contribution in [3.8, 4) is 22.9 Å². The number of aromatic nitrogens is 2. The molecule has 2 heterocycles. The van der Waals surface area contributed by atoms with Gasteiger partial charge in [-0.3, -0.25) is 4.79 Å². The van der Waals surface area contributed by atoms with Crippen LogP contribution in [0.4, 0.5) is 22.0 Å². The van der Waals surface area contributed by atoms with Crippen LogP contribution in [0.2, 0.25) is 0 Å². The van der Waals surface area contributed by atoms with Crippen LogP contribution in [0.3, 0.4) is 0 Å². The van der Waals surface area contributed by atoms with Crippen molar-refractivity contribution in [2.75, 3.05) is 6.61 Å². The molecule has 3 aromatic rings. The third-order valence-corrected chi connectivity index (χ3v) is 8.41. The Hall–Kier alpha value is -3.87. The number of nitrogens with zero attached hydrogens (tertiary/aromatic N) is 2. The normalized spacial score (nSPS) is 22.9. The Morgan fingerprint density at radius 1 is 1.07 bits per heavy atom. The number of ether oxygens (including phenoxy) is 5. The molecule has 13 heteroatoms. The zero-order chi connectivity index (χ0) is 31.9. The van der Waals surface area contributed by atoms with Crippen LogP contribution in [0.1, 0.15) is 87.1 Å². The summed E-state index contributed by atoms with van der Waals surface area (Å²) in [5, 5.41) is 4.06. The Morgan fingerprint density at radius 3 is 2.56 bits per heavy atom. The molecule has 8 nitrogen and oxygen atoms in total.